The molecule has 0 fully saturated rings. The van der Waals surface area contributed by atoms with E-state index in [9.17, 15) is 0 Å². The summed E-state index contributed by atoms with van der Waals surface area (Å²) in [5.74, 6) is 1.96. The molecule has 0 aliphatic heterocycles. The van der Waals surface area contributed by atoms with Gasteiger partial charge in [-0.05, 0) is 15.9 Å². The lowest BCUT2D eigenvalue weighted by atomic mass is 10.3. The molecule has 0 radical (unpaired) electrons. The summed E-state index contributed by atoms with van der Waals surface area (Å²) in [6, 6.07) is 0. The Bertz CT molecular complexity index is 393. The largest absolute Gasteiger partial charge is 0.383 e. The fourth-order valence-corrected chi connectivity index (χ4v) is 2.13. The minimum absolute atomic E-state index is 0.187. The number of nitrogens with two attached hydrogens (primary N) is 1. The lowest BCUT2D eigenvalue weighted by molar-refractivity contribution is 0.180. The highest BCUT2D eigenvalue weighted by atomic mass is 79.9. The van der Waals surface area contributed by atoms with E-state index in [4.69, 9.17) is 10.5 Å². The molecule has 0 bridgehead atoms. The molecule has 1 aromatic rings. The minimum atomic E-state index is 0.187. The molecule has 6 heteroatoms. The van der Waals surface area contributed by atoms with Gasteiger partial charge in [0, 0.05) is 11.9 Å². The van der Waals surface area contributed by atoms with Crippen molar-refractivity contribution in [1.82, 2.24) is 9.97 Å². The molecule has 1 rings (SSSR count). The van der Waals surface area contributed by atoms with Crippen LogP contribution in [0.4, 0.5) is 5.82 Å². The fraction of sp³-hybridized carbons (Fsp3) is 0.636. The second-order valence-corrected chi connectivity index (χ2v) is 7.21. The quantitative estimate of drug-likeness (QED) is 0.924. The average Bonchev–Trinajstić information content (AvgIpc) is 2.21. The van der Waals surface area contributed by atoms with Crippen molar-refractivity contribution in [2.45, 2.75) is 37.9 Å². The number of methoxy groups -OCH3 is 1. The maximum Gasteiger partial charge on any atom is 0.141 e. The first-order valence-electron chi connectivity index (χ1n) is 5.27. The van der Waals surface area contributed by atoms with Gasteiger partial charge in [-0.15, -0.1) is 11.8 Å². The Kier molecular flexibility index (Phi) is 5.22. The van der Waals surface area contributed by atoms with Crippen LogP contribution in [0.25, 0.3) is 0 Å². The van der Waals surface area contributed by atoms with Crippen molar-refractivity contribution in [3.63, 3.8) is 0 Å². The fourth-order valence-electron chi connectivity index (χ4n) is 1.14. The third kappa shape index (κ3) is 4.81. The molecule has 0 saturated carbocycles. The second-order valence-electron chi connectivity index (χ2n) is 4.62. The smallest absolute Gasteiger partial charge is 0.141 e. The predicted octanol–water partition coefficient (Wildman–Crippen LogP) is 3.00. The molecular weight excluding hydrogens is 302 g/mol. The van der Waals surface area contributed by atoms with Gasteiger partial charge in [0.2, 0.25) is 0 Å². The van der Waals surface area contributed by atoms with Crippen molar-refractivity contribution in [1.29, 1.82) is 0 Å². The molecule has 0 atom stereocenters. The molecule has 0 aliphatic rings. The van der Waals surface area contributed by atoms with Crippen molar-refractivity contribution >= 4 is 33.5 Å². The summed E-state index contributed by atoms with van der Waals surface area (Å²) in [5.41, 5.74) is 6.62. The Hall–Kier alpha value is -0.330. The summed E-state index contributed by atoms with van der Waals surface area (Å²) in [6.07, 6.45) is 0. The minimum Gasteiger partial charge on any atom is -0.383 e. The van der Waals surface area contributed by atoms with Gasteiger partial charge in [0.15, 0.2) is 0 Å². The first-order chi connectivity index (χ1) is 7.83. The Morgan fingerprint density at radius 3 is 2.53 bits per heavy atom. The number of aromatic nitrogens is 2. The van der Waals surface area contributed by atoms with E-state index in [1.54, 1.807) is 18.9 Å². The number of hydrogen-bond acceptors (Lipinski definition) is 5. The van der Waals surface area contributed by atoms with E-state index in [1.807, 2.05) is 0 Å². The van der Waals surface area contributed by atoms with Gasteiger partial charge in [0.25, 0.3) is 0 Å². The van der Waals surface area contributed by atoms with Gasteiger partial charge in [-0.2, -0.15) is 0 Å². The van der Waals surface area contributed by atoms with Crippen LogP contribution in [0.15, 0.2) is 4.47 Å². The van der Waals surface area contributed by atoms with Gasteiger partial charge < -0.3 is 10.5 Å². The maximum atomic E-state index is 5.83. The van der Waals surface area contributed by atoms with Crippen LogP contribution >= 0.6 is 27.7 Å². The zero-order valence-corrected chi connectivity index (χ0v) is 13.0. The number of rotatable bonds is 4. The molecule has 0 spiro atoms. The first-order valence-corrected chi connectivity index (χ1v) is 7.05. The lowest BCUT2D eigenvalue weighted by Crippen LogP contribution is -2.10. The molecule has 0 unspecified atom stereocenters. The van der Waals surface area contributed by atoms with E-state index in [2.05, 4.69) is 46.7 Å². The Balaban J connectivity index is 2.86. The Morgan fingerprint density at radius 1 is 1.35 bits per heavy atom. The predicted molar refractivity (Wildman–Crippen MR) is 75.9 cm³/mol. The zero-order valence-electron chi connectivity index (χ0n) is 10.6. The highest BCUT2D eigenvalue weighted by Crippen LogP contribution is 2.28. The molecule has 1 heterocycles. The van der Waals surface area contributed by atoms with Crippen LogP contribution in [0, 0.1) is 0 Å². The number of ether oxygens (including phenoxy) is 1. The van der Waals surface area contributed by atoms with Gasteiger partial charge in [-0.25, -0.2) is 9.97 Å². The van der Waals surface area contributed by atoms with E-state index in [0.717, 1.165) is 21.7 Å². The zero-order chi connectivity index (χ0) is 13.1. The number of thioether (sulfide) groups is 1. The van der Waals surface area contributed by atoms with Crippen LogP contribution in [0.2, 0.25) is 0 Å². The standard InChI is InChI=1S/C11H18BrN3OS/c1-11(2,3)17-6-8-14-7(5-16-4)9(12)10(13)15-8/h5-6H2,1-4H3,(H2,13,14,15). The van der Waals surface area contributed by atoms with Gasteiger partial charge in [-0.1, -0.05) is 20.8 Å². The van der Waals surface area contributed by atoms with Crippen molar-refractivity contribution in [3.05, 3.63) is 16.0 Å². The molecule has 0 saturated heterocycles. The number of nitrogens with zero attached hydrogens (tertiary/aromatic N) is 2. The third-order valence-corrected chi connectivity index (χ3v) is 4.04. The van der Waals surface area contributed by atoms with Crippen molar-refractivity contribution in [2.75, 3.05) is 12.8 Å². The summed E-state index contributed by atoms with van der Waals surface area (Å²) in [4.78, 5) is 8.70. The highest BCUT2D eigenvalue weighted by Gasteiger charge is 2.14. The lowest BCUT2D eigenvalue weighted by Gasteiger charge is -2.17. The number of hydrogen-bond donors (Lipinski definition) is 1. The van der Waals surface area contributed by atoms with Crippen LogP contribution in [-0.2, 0) is 17.1 Å². The summed E-state index contributed by atoms with van der Waals surface area (Å²) >= 11 is 5.16. The van der Waals surface area contributed by atoms with E-state index in [-0.39, 0.29) is 4.75 Å². The van der Waals surface area contributed by atoms with Crippen LogP contribution in [-0.4, -0.2) is 21.8 Å². The highest BCUT2D eigenvalue weighted by molar-refractivity contribution is 9.10. The van der Waals surface area contributed by atoms with Gasteiger partial charge >= 0.3 is 0 Å². The normalized spacial score (nSPS) is 11.8. The average molecular weight is 320 g/mol. The molecule has 96 valence electrons. The van der Waals surface area contributed by atoms with Crippen molar-refractivity contribution in [2.24, 2.45) is 0 Å². The SMILES string of the molecule is COCc1nc(CSC(C)(C)C)nc(N)c1Br. The molecule has 17 heavy (non-hydrogen) atoms. The van der Waals surface area contributed by atoms with Crippen LogP contribution in [0.5, 0.6) is 0 Å². The van der Waals surface area contributed by atoms with Crippen molar-refractivity contribution in [3.8, 4) is 0 Å². The van der Waals surface area contributed by atoms with E-state index < -0.39 is 0 Å². The van der Waals surface area contributed by atoms with E-state index >= 15 is 0 Å². The van der Waals surface area contributed by atoms with Crippen LogP contribution < -0.4 is 5.73 Å². The number of anilines is 1. The maximum absolute atomic E-state index is 5.83. The summed E-state index contributed by atoms with van der Waals surface area (Å²) in [6.45, 7) is 6.92. The molecule has 4 nitrogen and oxygen atoms in total. The van der Waals surface area contributed by atoms with Crippen LogP contribution in [0.1, 0.15) is 32.3 Å². The molecular formula is C11H18BrN3OS. The van der Waals surface area contributed by atoms with E-state index in [1.165, 1.54) is 0 Å². The Morgan fingerprint density at radius 2 is 2.00 bits per heavy atom. The van der Waals surface area contributed by atoms with Crippen molar-refractivity contribution < 1.29 is 4.74 Å². The molecule has 2 N–H and O–H groups in total. The van der Waals surface area contributed by atoms with Gasteiger partial charge in [0.1, 0.15) is 11.6 Å². The van der Waals surface area contributed by atoms with E-state index in [0.29, 0.717) is 12.4 Å². The van der Waals surface area contributed by atoms with Gasteiger partial charge in [0.05, 0.1) is 22.5 Å². The van der Waals surface area contributed by atoms with Gasteiger partial charge in [-0.3, -0.25) is 0 Å². The molecule has 0 aromatic carbocycles. The summed E-state index contributed by atoms with van der Waals surface area (Å²) in [5, 5.41) is 0. The second kappa shape index (κ2) is 6.02. The molecule has 0 amide bonds. The Labute approximate surface area is 115 Å². The summed E-state index contributed by atoms with van der Waals surface area (Å²) in [7, 11) is 1.63. The first kappa shape index (κ1) is 14.7. The monoisotopic (exact) mass is 319 g/mol. The summed E-state index contributed by atoms with van der Waals surface area (Å²) < 4.78 is 5.99. The van der Waals surface area contributed by atoms with Crippen LogP contribution in [0.3, 0.4) is 0 Å². The third-order valence-electron chi connectivity index (χ3n) is 1.91. The molecule has 1 aromatic heterocycles. The topological polar surface area (TPSA) is 61.0 Å². The number of halogens is 1. The number of nitrogen functional groups attached to an aromatic ring is 1. The molecule has 0 aliphatic carbocycles.